The molecule has 3 aromatic rings. The van der Waals surface area contributed by atoms with E-state index < -0.39 is 0 Å². The maximum absolute atomic E-state index is 12.9. The van der Waals surface area contributed by atoms with Crippen molar-refractivity contribution in [2.45, 2.75) is 51.1 Å². The number of rotatable bonds is 6. The van der Waals surface area contributed by atoms with Gasteiger partial charge >= 0.3 is 0 Å². The van der Waals surface area contributed by atoms with Crippen molar-refractivity contribution in [2.75, 3.05) is 13.1 Å². The number of aryl methyl sites for hydroxylation is 1. The van der Waals surface area contributed by atoms with Gasteiger partial charge in [-0.05, 0) is 86.4 Å². The molecule has 1 aliphatic heterocycles. The van der Waals surface area contributed by atoms with Crippen molar-refractivity contribution in [3.05, 3.63) is 105 Å². The molecule has 0 saturated carbocycles. The quantitative estimate of drug-likeness (QED) is 0.569. The lowest BCUT2D eigenvalue weighted by Gasteiger charge is -2.32. The fourth-order valence-electron chi connectivity index (χ4n) is 5.46. The summed E-state index contributed by atoms with van der Waals surface area (Å²) in [7, 11) is 0. The molecule has 5 nitrogen and oxygen atoms in total. The van der Waals surface area contributed by atoms with E-state index in [0.717, 1.165) is 44.5 Å². The number of H-pyrrole nitrogens is 1. The highest BCUT2D eigenvalue weighted by atomic mass is 16.2. The zero-order valence-corrected chi connectivity index (χ0v) is 19.6. The summed E-state index contributed by atoms with van der Waals surface area (Å²) in [4.78, 5) is 31.0. The molecule has 0 radical (unpaired) electrons. The maximum Gasteiger partial charge on any atom is 0.261 e. The van der Waals surface area contributed by atoms with Gasteiger partial charge in [0.05, 0.1) is 6.04 Å². The number of nitrogens with zero attached hydrogens (tertiary/aromatic N) is 1. The van der Waals surface area contributed by atoms with Gasteiger partial charge in [-0.1, -0.05) is 54.6 Å². The van der Waals surface area contributed by atoms with Gasteiger partial charge in [-0.25, -0.2) is 0 Å². The minimum absolute atomic E-state index is 0.0336. The number of hydrogen-bond acceptors (Lipinski definition) is 3. The largest absolute Gasteiger partial charge is 0.345 e. The van der Waals surface area contributed by atoms with Gasteiger partial charge in [0, 0.05) is 12.2 Å². The summed E-state index contributed by atoms with van der Waals surface area (Å²) in [6.07, 6.45) is 6.46. The SMILES string of the molecule is O=C(N[C@@H]1CCCc2ccccc21)c1ccc(CN2CCC(Cc3ccccc3)CC2)[nH]c1=O. The van der Waals surface area contributed by atoms with E-state index in [1.54, 1.807) is 6.07 Å². The second-order valence-electron chi connectivity index (χ2n) is 9.75. The molecule has 1 aliphatic carbocycles. The molecule has 1 fully saturated rings. The molecule has 1 atom stereocenters. The Labute approximate surface area is 201 Å². The van der Waals surface area contributed by atoms with E-state index in [2.05, 4.69) is 57.7 Å². The van der Waals surface area contributed by atoms with Gasteiger partial charge in [-0.3, -0.25) is 14.5 Å². The molecule has 5 heteroatoms. The lowest BCUT2D eigenvalue weighted by molar-refractivity contribution is 0.0931. The lowest BCUT2D eigenvalue weighted by Crippen LogP contribution is -2.36. The van der Waals surface area contributed by atoms with E-state index in [1.165, 1.54) is 29.5 Å². The lowest BCUT2D eigenvalue weighted by atomic mass is 9.87. The van der Waals surface area contributed by atoms with Crippen LogP contribution in [0.25, 0.3) is 0 Å². The average molecular weight is 456 g/mol. The van der Waals surface area contributed by atoms with E-state index in [1.807, 2.05) is 18.2 Å². The number of pyridine rings is 1. The number of fused-ring (bicyclic) bond motifs is 1. The minimum Gasteiger partial charge on any atom is -0.345 e. The first kappa shape index (κ1) is 22.6. The molecule has 0 unspecified atom stereocenters. The van der Waals surface area contributed by atoms with Crippen LogP contribution in [0.5, 0.6) is 0 Å². The molecule has 1 saturated heterocycles. The first-order valence-corrected chi connectivity index (χ1v) is 12.5. The van der Waals surface area contributed by atoms with Crippen LogP contribution in [0.1, 0.15) is 64.5 Å². The number of aromatic amines is 1. The molecule has 34 heavy (non-hydrogen) atoms. The Morgan fingerprint density at radius 2 is 1.71 bits per heavy atom. The number of amides is 1. The number of aromatic nitrogens is 1. The predicted molar refractivity (Wildman–Crippen MR) is 135 cm³/mol. The van der Waals surface area contributed by atoms with E-state index in [-0.39, 0.29) is 23.1 Å². The smallest absolute Gasteiger partial charge is 0.261 e. The molecule has 2 aliphatic rings. The van der Waals surface area contributed by atoms with Crippen LogP contribution in [0.15, 0.2) is 71.5 Å². The van der Waals surface area contributed by atoms with Crippen molar-refractivity contribution in [1.82, 2.24) is 15.2 Å². The first-order valence-electron chi connectivity index (χ1n) is 12.5. The number of nitrogens with one attached hydrogen (secondary N) is 2. The van der Waals surface area contributed by atoms with Crippen molar-refractivity contribution in [3.8, 4) is 0 Å². The van der Waals surface area contributed by atoms with Crippen molar-refractivity contribution >= 4 is 5.91 Å². The monoisotopic (exact) mass is 455 g/mol. The second kappa shape index (κ2) is 10.4. The molecule has 5 rings (SSSR count). The Bertz CT molecular complexity index is 1180. The Balaban J connectivity index is 1.16. The number of likely N-dealkylation sites (tertiary alicyclic amines) is 1. The zero-order chi connectivity index (χ0) is 23.3. The summed E-state index contributed by atoms with van der Waals surface area (Å²) in [6, 6.07) is 22.5. The van der Waals surface area contributed by atoms with Crippen LogP contribution in [-0.2, 0) is 19.4 Å². The molecule has 1 amide bonds. The van der Waals surface area contributed by atoms with Gasteiger partial charge in [0.1, 0.15) is 5.56 Å². The number of carbonyl (C=O) groups is 1. The summed E-state index contributed by atoms with van der Waals surface area (Å²) in [5.74, 6) is 0.421. The van der Waals surface area contributed by atoms with Crippen molar-refractivity contribution in [3.63, 3.8) is 0 Å². The van der Waals surface area contributed by atoms with Gasteiger partial charge < -0.3 is 10.3 Å². The Hall–Kier alpha value is -3.18. The summed E-state index contributed by atoms with van der Waals surface area (Å²) in [5, 5.41) is 3.09. The maximum atomic E-state index is 12.9. The fourth-order valence-corrected chi connectivity index (χ4v) is 5.46. The molecular formula is C29H33N3O2. The van der Waals surface area contributed by atoms with E-state index in [0.29, 0.717) is 12.5 Å². The molecule has 2 N–H and O–H groups in total. The van der Waals surface area contributed by atoms with E-state index in [9.17, 15) is 9.59 Å². The van der Waals surface area contributed by atoms with Crippen LogP contribution >= 0.6 is 0 Å². The number of benzene rings is 2. The Morgan fingerprint density at radius 3 is 2.50 bits per heavy atom. The highest BCUT2D eigenvalue weighted by molar-refractivity contribution is 5.94. The topological polar surface area (TPSA) is 65.2 Å². The van der Waals surface area contributed by atoms with Crippen LogP contribution < -0.4 is 10.9 Å². The van der Waals surface area contributed by atoms with Crippen LogP contribution in [0, 0.1) is 5.92 Å². The number of piperidine rings is 1. The highest BCUT2D eigenvalue weighted by Crippen LogP contribution is 2.29. The fraction of sp³-hybridized carbons (Fsp3) is 0.379. The van der Waals surface area contributed by atoms with Crippen LogP contribution in [0.2, 0.25) is 0 Å². The number of hydrogen-bond donors (Lipinski definition) is 2. The van der Waals surface area contributed by atoms with Gasteiger partial charge in [0.2, 0.25) is 0 Å². The normalized spacial score (nSPS) is 18.9. The summed E-state index contributed by atoms with van der Waals surface area (Å²) in [6.45, 7) is 2.77. The molecule has 2 aromatic carbocycles. The van der Waals surface area contributed by atoms with Gasteiger partial charge in [-0.15, -0.1) is 0 Å². The van der Waals surface area contributed by atoms with Crippen molar-refractivity contribution < 1.29 is 4.79 Å². The Kier molecular flexibility index (Phi) is 6.91. The molecule has 0 bridgehead atoms. The van der Waals surface area contributed by atoms with Gasteiger partial charge in [0.15, 0.2) is 0 Å². The summed E-state index contributed by atoms with van der Waals surface area (Å²) >= 11 is 0. The Morgan fingerprint density at radius 1 is 0.941 bits per heavy atom. The summed E-state index contributed by atoms with van der Waals surface area (Å²) < 4.78 is 0. The summed E-state index contributed by atoms with van der Waals surface area (Å²) in [5.41, 5.74) is 4.62. The molecule has 1 aromatic heterocycles. The van der Waals surface area contributed by atoms with Crippen LogP contribution in [0.4, 0.5) is 0 Å². The third-order valence-corrected chi connectivity index (χ3v) is 7.36. The first-order chi connectivity index (χ1) is 16.7. The predicted octanol–water partition coefficient (Wildman–Crippen LogP) is 4.64. The highest BCUT2D eigenvalue weighted by Gasteiger charge is 2.24. The zero-order valence-electron chi connectivity index (χ0n) is 19.6. The van der Waals surface area contributed by atoms with E-state index >= 15 is 0 Å². The van der Waals surface area contributed by atoms with Gasteiger partial charge in [0.25, 0.3) is 11.5 Å². The van der Waals surface area contributed by atoms with Crippen molar-refractivity contribution in [1.29, 1.82) is 0 Å². The standard InChI is InChI=1S/C29H33N3O2/c33-28-26(29(34)31-27-12-6-10-23-9-4-5-11-25(23)27)14-13-24(30-28)20-32-17-15-22(16-18-32)19-21-7-2-1-3-8-21/h1-5,7-9,11,13-14,22,27H,6,10,12,15-20H2,(H,30,33)(H,31,34)/t27-/m1/s1. The minimum atomic E-state index is -0.307. The average Bonchev–Trinajstić information content (AvgIpc) is 2.86. The second-order valence-corrected chi connectivity index (χ2v) is 9.75. The van der Waals surface area contributed by atoms with Crippen LogP contribution in [-0.4, -0.2) is 28.9 Å². The molecule has 2 heterocycles. The van der Waals surface area contributed by atoms with E-state index in [4.69, 9.17) is 0 Å². The van der Waals surface area contributed by atoms with Crippen molar-refractivity contribution in [2.24, 2.45) is 5.92 Å². The van der Waals surface area contributed by atoms with Crippen LogP contribution in [0.3, 0.4) is 0 Å². The molecule has 176 valence electrons. The third-order valence-electron chi connectivity index (χ3n) is 7.36. The van der Waals surface area contributed by atoms with Gasteiger partial charge in [-0.2, -0.15) is 0 Å². The molecule has 0 spiro atoms. The number of carbonyl (C=O) groups excluding carboxylic acids is 1. The molecular weight excluding hydrogens is 422 g/mol. The third kappa shape index (κ3) is 5.31.